The monoisotopic (exact) mass is 363 g/mol. The zero-order chi connectivity index (χ0) is 18.0. The van der Waals surface area contributed by atoms with Gasteiger partial charge in [0.25, 0.3) is 0 Å². The first-order valence-corrected chi connectivity index (χ1v) is 8.45. The van der Waals surface area contributed by atoms with Crippen LogP contribution in [0.15, 0.2) is 26.3 Å². The molecule has 11 heteroatoms. The third kappa shape index (κ3) is 3.65. The molecule has 0 radical (unpaired) electrons. The van der Waals surface area contributed by atoms with Crippen molar-refractivity contribution in [1.82, 2.24) is 25.1 Å². The number of hydrogen-bond acceptors (Lipinski definition) is 9. The summed E-state index contributed by atoms with van der Waals surface area (Å²) < 4.78 is 11.9. The number of thioether (sulfide) groups is 1. The van der Waals surface area contributed by atoms with Crippen LogP contribution in [-0.2, 0) is 4.79 Å². The highest BCUT2D eigenvalue weighted by Gasteiger charge is 2.17. The number of furan rings is 1. The number of nitrogens with zero attached hydrogens (tertiary/aromatic N) is 5. The van der Waals surface area contributed by atoms with Crippen LogP contribution in [0, 0.1) is 6.92 Å². The minimum atomic E-state index is -0.312. The van der Waals surface area contributed by atoms with Crippen LogP contribution in [0.5, 0.6) is 0 Å². The number of nitrogen functional groups attached to an aromatic ring is 1. The largest absolute Gasteiger partial charge is 0.469 e. The van der Waals surface area contributed by atoms with Crippen molar-refractivity contribution in [2.45, 2.75) is 31.8 Å². The molecule has 0 bridgehead atoms. The Bertz CT molecular complexity index is 883. The van der Waals surface area contributed by atoms with E-state index in [0.717, 1.165) is 17.3 Å². The van der Waals surface area contributed by atoms with E-state index >= 15 is 0 Å². The van der Waals surface area contributed by atoms with Crippen molar-refractivity contribution in [3.05, 3.63) is 24.0 Å². The van der Waals surface area contributed by atoms with Gasteiger partial charge < -0.3 is 14.7 Å². The fraction of sp³-hybridized carbons (Fsp3) is 0.357. The zero-order valence-electron chi connectivity index (χ0n) is 13.9. The van der Waals surface area contributed by atoms with Crippen molar-refractivity contribution >= 4 is 23.7 Å². The molecule has 132 valence electrons. The van der Waals surface area contributed by atoms with E-state index in [0.29, 0.717) is 22.6 Å². The number of carbonyl (C=O) groups is 1. The van der Waals surface area contributed by atoms with Gasteiger partial charge in [-0.2, -0.15) is 0 Å². The van der Waals surface area contributed by atoms with Crippen LogP contribution in [0.2, 0.25) is 0 Å². The molecule has 3 heterocycles. The van der Waals surface area contributed by atoms with Crippen molar-refractivity contribution in [2.24, 2.45) is 0 Å². The van der Waals surface area contributed by atoms with Crippen LogP contribution < -0.4 is 11.2 Å². The number of nitrogens with two attached hydrogens (primary N) is 1. The maximum Gasteiger partial charge on any atom is 0.322 e. The second-order valence-electron chi connectivity index (χ2n) is 5.50. The molecule has 0 aliphatic rings. The third-order valence-electron chi connectivity index (χ3n) is 3.28. The van der Waals surface area contributed by atoms with Gasteiger partial charge in [-0.1, -0.05) is 30.7 Å². The molecule has 0 saturated heterocycles. The minimum Gasteiger partial charge on any atom is -0.469 e. The number of hydrogen-bond donors (Lipinski definition) is 2. The van der Waals surface area contributed by atoms with Crippen LogP contribution in [-0.4, -0.2) is 36.7 Å². The first-order valence-electron chi connectivity index (χ1n) is 7.46. The predicted molar refractivity (Wildman–Crippen MR) is 90.4 cm³/mol. The first-order chi connectivity index (χ1) is 12.0. The van der Waals surface area contributed by atoms with Gasteiger partial charge in [-0.15, -0.1) is 15.3 Å². The number of carbonyl (C=O) groups excluding carboxylic acids is 1. The molecule has 0 aliphatic heterocycles. The second kappa shape index (κ2) is 6.97. The smallest absolute Gasteiger partial charge is 0.322 e. The van der Waals surface area contributed by atoms with E-state index < -0.39 is 0 Å². The van der Waals surface area contributed by atoms with E-state index in [-0.39, 0.29) is 23.6 Å². The Balaban J connectivity index is 1.61. The normalized spacial score (nSPS) is 11.2. The minimum absolute atomic E-state index is 0.0678. The Morgan fingerprint density at radius 3 is 2.80 bits per heavy atom. The molecule has 25 heavy (non-hydrogen) atoms. The predicted octanol–water partition coefficient (Wildman–Crippen LogP) is 1.80. The molecular formula is C14H17N7O3S. The molecule has 3 aromatic heterocycles. The molecule has 3 aromatic rings. The Morgan fingerprint density at radius 2 is 2.16 bits per heavy atom. The van der Waals surface area contributed by atoms with Crippen LogP contribution in [0.3, 0.4) is 0 Å². The van der Waals surface area contributed by atoms with Gasteiger partial charge in [0.15, 0.2) is 5.82 Å². The Morgan fingerprint density at radius 1 is 1.36 bits per heavy atom. The van der Waals surface area contributed by atoms with E-state index in [1.807, 2.05) is 13.8 Å². The average Bonchev–Trinajstić information content (AvgIpc) is 3.26. The molecule has 0 unspecified atom stereocenters. The second-order valence-corrected chi connectivity index (χ2v) is 6.45. The number of anilines is 1. The maximum atomic E-state index is 12.0. The Hall–Kier alpha value is -2.82. The van der Waals surface area contributed by atoms with Gasteiger partial charge in [-0.3, -0.25) is 10.1 Å². The van der Waals surface area contributed by atoms with Crippen molar-refractivity contribution in [2.75, 3.05) is 16.9 Å². The topological polar surface area (TPSA) is 138 Å². The molecule has 0 fully saturated rings. The molecular weight excluding hydrogens is 346 g/mol. The van der Waals surface area contributed by atoms with E-state index in [2.05, 4.69) is 25.7 Å². The zero-order valence-corrected chi connectivity index (χ0v) is 14.7. The van der Waals surface area contributed by atoms with Gasteiger partial charge in [0.1, 0.15) is 5.76 Å². The fourth-order valence-electron chi connectivity index (χ4n) is 1.98. The number of rotatable bonds is 6. The van der Waals surface area contributed by atoms with Gasteiger partial charge in [0.2, 0.25) is 17.0 Å². The van der Waals surface area contributed by atoms with Crippen molar-refractivity contribution in [3.8, 4) is 11.4 Å². The van der Waals surface area contributed by atoms with Gasteiger partial charge in [-0.05, 0) is 13.0 Å². The number of nitrogens with one attached hydrogen (secondary N) is 1. The summed E-state index contributed by atoms with van der Waals surface area (Å²) in [7, 11) is 0. The van der Waals surface area contributed by atoms with Crippen LogP contribution in [0.4, 0.5) is 6.01 Å². The molecule has 1 amide bonds. The lowest BCUT2D eigenvalue weighted by molar-refractivity contribution is -0.113. The summed E-state index contributed by atoms with van der Waals surface area (Å²) in [4.78, 5) is 12.0. The lowest BCUT2D eigenvalue weighted by Gasteiger charge is -2.03. The summed E-state index contributed by atoms with van der Waals surface area (Å²) in [5.41, 5.74) is 0.748. The summed E-state index contributed by atoms with van der Waals surface area (Å²) in [6, 6.07) is 1.82. The highest BCUT2D eigenvalue weighted by molar-refractivity contribution is 7.99. The summed E-state index contributed by atoms with van der Waals surface area (Å²) in [6.07, 6.45) is 1.55. The quantitative estimate of drug-likeness (QED) is 0.496. The summed E-state index contributed by atoms with van der Waals surface area (Å²) in [5, 5.41) is 18.6. The Kier molecular flexibility index (Phi) is 4.74. The fourth-order valence-corrected chi connectivity index (χ4v) is 2.64. The molecule has 0 spiro atoms. The molecule has 3 N–H and O–H groups in total. The summed E-state index contributed by atoms with van der Waals surface area (Å²) in [5.74, 6) is 7.46. The molecule has 0 aromatic carbocycles. The molecule has 0 saturated carbocycles. The van der Waals surface area contributed by atoms with Gasteiger partial charge >= 0.3 is 6.01 Å². The lowest BCUT2D eigenvalue weighted by atomic mass is 10.2. The van der Waals surface area contributed by atoms with E-state index in [9.17, 15) is 4.79 Å². The number of aryl methyl sites for hydroxylation is 1. The summed E-state index contributed by atoms with van der Waals surface area (Å²) in [6.45, 7) is 5.64. The Labute approximate surface area is 147 Å². The standard InChI is InChI=1S/C14H17N7O3S/c1-7(2)12-18-19-13(24-12)16-10(22)6-25-14-20-17-11(21(14)15)9-4-5-23-8(9)3/h4-5,7H,6,15H2,1-3H3,(H,16,19,22). The molecule has 3 rings (SSSR count). The van der Waals surface area contributed by atoms with Crippen molar-refractivity contribution < 1.29 is 13.6 Å². The van der Waals surface area contributed by atoms with Gasteiger partial charge in [0, 0.05) is 5.92 Å². The highest BCUT2D eigenvalue weighted by Crippen LogP contribution is 2.25. The van der Waals surface area contributed by atoms with Crippen LogP contribution in [0.25, 0.3) is 11.4 Å². The maximum absolute atomic E-state index is 12.0. The number of amides is 1. The summed E-state index contributed by atoms with van der Waals surface area (Å²) >= 11 is 1.14. The van der Waals surface area contributed by atoms with Crippen LogP contribution >= 0.6 is 11.8 Å². The lowest BCUT2D eigenvalue weighted by Crippen LogP contribution is -2.16. The van der Waals surface area contributed by atoms with Crippen molar-refractivity contribution in [3.63, 3.8) is 0 Å². The average molecular weight is 363 g/mol. The van der Waals surface area contributed by atoms with E-state index in [1.54, 1.807) is 19.3 Å². The van der Waals surface area contributed by atoms with Crippen molar-refractivity contribution in [1.29, 1.82) is 0 Å². The third-order valence-corrected chi connectivity index (χ3v) is 4.22. The van der Waals surface area contributed by atoms with Crippen LogP contribution in [0.1, 0.15) is 31.4 Å². The van der Waals surface area contributed by atoms with Gasteiger partial charge in [-0.25, -0.2) is 4.68 Å². The van der Waals surface area contributed by atoms with E-state index in [1.165, 1.54) is 4.68 Å². The molecule has 10 nitrogen and oxygen atoms in total. The van der Waals surface area contributed by atoms with E-state index in [4.69, 9.17) is 14.7 Å². The molecule has 0 atom stereocenters. The molecule has 0 aliphatic carbocycles. The number of aromatic nitrogens is 5. The SMILES string of the molecule is Cc1occc1-c1nnc(SCC(=O)Nc2nnc(C(C)C)o2)n1N. The highest BCUT2D eigenvalue weighted by atomic mass is 32.2. The first kappa shape index (κ1) is 17.0. The van der Waals surface area contributed by atoms with Gasteiger partial charge in [0.05, 0.1) is 17.6 Å².